The van der Waals surface area contributed by atoms with Gasteiger partial charge >= 0.3 is 0 Å². The number of benzene rings is 15. The SMILES string of the molecule is Cc1ccc(C(=O)c2ccc(-c3ccc(-c4ccc(C(=O)c5ccc(C)cc5)cc4)c(-c4ccc(-c5c(-c6ccc(C(=O)c7ccc(C)cc7)cc6)ccc(-c6ccc(C(=O)c7ccc(C)cc7)cc6)c5-c5ccc(C(=O)c6ccc(C)cc6)cc5)cc4)c3-c3ccc(C(=O)c4ccc(C)cc4)cc3)cc2)cc1. The molecule has 108 heavy (non-hydrogen) atoms. The van der Waals surface area contributed by atoms with Gasteiger partial charge in [0.1, 0.15) is 0 Å². The summed E-state index contributed by atoms with van der Waals surface area (Å²) < 4.78 is 0. The Hall–Kier alpha value is -13.7. The second-order valence-corrected chi connectivity index (χ2v) is 28.0. The number of carbonyl (C=O) groups is 6. The molecule has 0 unspecified atom stereocenters. The van der Waals surface area contributed by atoms with Crippen molar-refractivity contribution in [3.05, 3.63) is 440 Å². The number of rotatable bonds is 20. The lowest BCUT2D eigenvalue weighted by molar-refractivity contribution is 0.103. The lowest BCUT2D eigenvalue weighted by Gasteiger charge is -2.23. The summed E-state index contributed by atoms with van der Waals surface area (Å²) in [5, 5.41) is 0. The predicted octanol–water partition coefficient (Wildman–Crippen LogP) is 24.3. The fourth-order valence-corrected chi connectivity index (χ4v) is 14.2. The Bertz CT molecular complexity index is 5560. The van der Waals surface area contributed by atoms with Gasteiger partial charge in [-0.25, -0.2) is 0 Å². The molecule has 15 aromatic rings. The zero-order chi connectivity index (χ0) is 74.7. The van der Waals surface area contributed by atoms with Crippen molar-refractivity contribution in [3.63, 3.8) is 0 Å². The van der Waals surface area contributed by atoms with Crippen LogP contribution in [0.3, 0.4) is 0 Å². The number of carbonyl (C=O) groups excluding carboxylic acids is 6. The molecule has 15 rings (SSSR count). The van der Waals surface area contributed by atoms with E-state index in [1.54, 1.807) is 0 Å². The van der Waals surface area contributed by atoms with Crippen LogP contribution < -0.4 is 0 Å². The van der Waals surface area contributed by atoms with E-state index in [2.05, 4.69) is 48.5 Å². The number of ketones is 6. The third-order valence-corrected chi connectivity index (χ3v) is 20.5. The summed E-state index contributed by atoms with van der Waals surface area (Å²) in [5.74, 6) is -0.578. The predicted molar refractivity (Wildman–Crippen MR) is 438 cm³/mol. The van der Waals surface area contributed by atoms with Crippen LogP contribution in [0.15, 0.2) is 340 Å². The molecule has 15 aromatic carbocycles. The number of hydrogen-bond acceptors (Lipinski definition) is 6. The van der Waals surface area contributed by atoms with Crippen LogP contribution in [0.4, 0.5) is 0 Å². The van der Waals surface area contributed by atoms with Gasteiger partial charge in [0.15, 0.2) is 34.7 Å². The van der Waals surface area contributed by atoms with E-state index in [1.165, 1.54) is 0 Å². The molecule has 0 saturated heterocycles. The second-order valence-electron chi connectivity index (χ2n) is 28.0. The molecule has 0 amide bonds. The summed E-state index contributed by atoms with van der Waals surface area (Å²) in [4.78, 5) is 85.2. The van der Waals surface area contributed by atoms with Gasteiger partial charge in [-0.1, -0.05) is 373 Å². The van der Waals surface area contributed by atoms with Crippen molar-refractivity contribution in [2.75, 3.05) is 0 Å². The molecular weight excluding hydrogens is 1320 g/mol. The molecule has 0 fully saturated rings. The molecule has 0 radical (unpaired) electrons. The third kappa shape index (κ3) is 14.5. The van der Waals surface area contributed by atoms with E-state index >= 15 is 0 Å². The third-order valence-electron chi connectivity index (χ3n) is 20.5. The monoisotopic (exact) mass is 1390 g/mol. The molecule has 0 aliphatic heterocycles. The lowest BCUT2D eigenvalue weighted by atomic mass is 9.80. The summed E-state index contributed by atoms with van der Waals surface area (Å²) in [6.07, 6.45) is 0. The van der Waals surface area contributed by atoms with E-state index in [0.29, 0.717) is 66.8 Å². The van der Waals surface area contributed by atoms with E-state index in [-0.39, 0.29) is 34.7 Å². The zero-order valence-electron chi connectivity index (χ0n) is 60.8. The van der Waals surface area contributed by atoms with Crippen LogP contribution in [0.2, 0.25) is 0 Å². The Balaban J connectivity index is 0.945. The van der Waals surface area contributed by atoms with E-state index in [0.717, 1.165) is 122 Å². The number of aryl methyl sites for hydroxylation is 6. The Kier molecular flexibility index (Phi) is 19.6. The van der Waals surface area contributed by atoms with Crippen LogP contribution in [0.25, 0.3) is 89.0 Å². The quantitative estimate of drug-likeness (QED) is 0.0705. The molecule has 0 N–H and O–H groups in total. The van der Waals surface area contributed by atoms with Crippen molar-refractivity contribution >= 4 is 34.7 Å². The minimum Gasteiger partial charge on any atom is -0.289 e. The highest BCUT2D eigenvalue weighted by Crippen LogP contribution is 2.50. The largest absolute Gasteiger partial charge is 0.289 e. The van der Waals surface area contributed by atoms with Gasteiger partial charge in [0, 0.05) is 66.8 Å². The van der Waals surface area contributed by atoms with Crippen LogP contribution >= 0.6 is 0 Å². The molecule has 0 aliphatic carbocycles. The van der Waals surface area contributed by atoms with Crippen LogP contribution in [0, 0.1) is 41.5 Å². The first-order valence-corrected chi connectivity index (χ1v) is 36.2. The molecule has 518 valence electrons. The van der Waals surface area contributed by atoms with E-state index in [9.17, 15) is 28.8 Å². The first-order chi connectivity index (χ1) is 52.5. The Labute approximate surface area is 630 Å². The van der Waals surface area contributed by atoms with E-state index in [1.807, 2.05) is 333 Å². The lowest BCUT2D eigenvalue weighted by Crippen LogP contribution is -2.02. The Morgan fingerprint density at radius 1 is 0.130 bits per heavy atom. The van der Waals surface area contributed by atoms with Crippen molar-refractivity contribution in [1.82, 2.24) is 0 Å². The fraction of sp³-hybridized carbons (Fsp3) is 0.0588. The molecule has 0 atom stereocenters. The molecule has 0 aliphatic rings. The summed E-state index contributed by atoms with van der Waals surface area (Å²) >= 11 is 0. The van der Waals surface area contributed by atoms with Crippen LogP contribution in [0.5, 0.6) is 0 Å². The average Bonchev–Trinajstić information content (AvgIpc) is 0.738. The van der Waals surface area contributed by atoms with Gasteiger partial charge in [0.2, 0.25) is 0 Å². The maximum Gasteiger partial charge on any atom is 0.193 e. The molecular formula is C102H74O6. The zero-order valence-corrected chi connectivity index (χ0v) is 60.8. The first kappa shape index (κ1) is 70.0. The van der Waals surface area contributed by atoms with Crippen LogP contribution in [-0.4, -0.2) is 34.7 Å². The van der Waals surface area contributed by atoms with Crippen LogP contribution in [-0.2, 0) is 0 Å². The number of hydrogen-bond donors (Lipinski definition) is 0. The summed E-state index contributed by atoms with van der Waals surface area (Å²) in [7, 11) is 0. The highest BCUT2D eigenvalue weighted by Gasteiger charge is 2.26. The van der Waals surface area contributed by atoms with Gasteiger partial charge in [-0.2, -0.15) is 0 Å². The average molecular weight is 1400 g/mol. The first-order valence-electron chi connectivity index (χ1n) is 36.2. The van der Waals surface area contributed by atoms with Gasteiger partial charge < -0.3 is 0 Å². The summed E-state index contributed by atoms with van der Waals surface area (Å²) in [6.45, 7) is 12.0. The van der Waals surface area contributed by atoms with E-state index < -0.39 is 0 Å². The minimum absolute atomic E-state index is 0.0911. The smallest absolute Gasteiger partial charge is 0.193 e. The fourth-order valence-electron chi connectivity index (χ4n) is 14.2. The Morgan fingerprint density at radius 3 is 0.361 bits per heavy atom. The normalized spacial score (nSPS) is 11.1. The van der Waals surface area contributed by atoms with Crippen molar-refractivity contribution in [1.29, 1.82) is 0 Å². The topological polar surface area (TPSA) is 102 Å². The molecule has 6 nitrogen and oxygen atoms in total. The van der Waals surface area contributed by atoms with Crippen molar-refractivity contribution in [2.24, 2.45) is 0 Å². The molecule has 0 aromatic heterocycles. The van der Waals surface area contributed by atoms with Gasteiger partial charge in [-0.15, -0.1) is 0 Å². The van der Waals surface area contributed by atoms with E-state index in [4.69, 9.17) is 0 Å². The highest BCUT2D eigenvalue weighted by molar-refractivity contribution is 6.14. The highest BCUT2D eigenvalue weighted by atomic mass is 16.1. The van der Waals surface area contributed by atoms with Gasteiger partial charge in [0.25, 0.3) is 0 Å². The maximum absolute atomic E-state index is 14.3. The molecule has 0 saturated carbocycles. The summed E-state index contributed by atoms with van der Waals surface area (Å²) in [5.41, 5.74) is 26.8. The van der Waals surface area contributed by atoms with Gasteiger partial charge in [-0.05, 0) is 131 Å². The standard InChI is InChI=1S/C102H74O6/c1-63-7-19-77(20-8-63)97(103)83-47-31-69(32-48-83)89-59-61-91(71-35-51-85(52-36-71)99(105)79-23-11-65(3)12-24-79)95(75-43-55-87(56-44-75)101(107)81-27-15-67(5)16-28-81)93(89)73-39-41-74(42-40-73)94-90(70-33-49-84(50-34-70)98(104)78-21-9-64(2)10-22-78)60-62-92(72-37-53-86(54-38-72)100(106)80-25-13-66(4)14-26-80)96(94)76-45-57-88(58-46-76)102(108)82-29-17-68(6)18-30-82/h7-62H,1-6H3. The van der Waals surface area contributed by atoms with Crippen LogP contribution in [0.1, 0.15) is 129 Å². The van der Waals surface area contributed by atoms with Crippen molar-refractivity contribution < 1.29 is 28.8 Å². The maximum atomic E-state index is 14.3. The minimum atomic E-state index is -0.105. The molecule has 0 heterocycles. The second kappa shape index (κ2) is 30.2. The van der Waals surface area contributed by atoms with Gasteiger partial charge in [-0.3, -0.25) is 28.8 Å². The molecule has 0 bridgehead atoms. The van der Waals surface area contributed by atoms with Gasteiger partial charge in [0.05, 0.1) is 0 Å². The molecule has 6 heteroatoms. The summed E-state index contributed by atoms with van der Waals surface area (Å²) in [6, 6.07) is 109. The van der Waals surface area contributed by atoms with Crippen molar-refractivity contribution in [3.8, 4) is 89.0 Å². The van der Waals surface area contributed by atoms with Crippen molar-refractivity contribution in [2.45, 2.75) is 41.5 Å². The molecule has 0 spiro atoms. The Morgan fingerprint density at radius 2 is 0.231 bits per heavy atom.